The van der Waals surface area contributed by atoms with E-state index in [9.17, 15) is 8.42 Å². The highest BCUT2D eigenvalue weighted by Crippen LogP contribution is 2.24. The quantitative estimate of drug-likeness (QED) is 0.858. The summed E-state index contributed by atoms with van der Waals surface area (Å²) in [5.41, 5.74) is 0. The smallest absolute Gasteiger partial charge is 0.214 e. The van der Waals surface area contributed by atoms with Crippen molar-refractivity contribution in [3.63, 3.8) is 0 Å². The molecule has 0 aromatic carbocycles. The van der Waals surface area contributed by atoms with Gasteiger partial charge in [0.15, 0.2) is 0 Å². The minimum absolute atomic E-state index is 0.310. The fourth-order valence-electron chi connectivity index (χ4n) is 3.42. The zero-order valence-corrected chi connectivity index (χ0v) is 13.1. The lowest BCUT2D eigenvalue weighted by molar-refractivity contribution is 0.222. The number of rotatable bonds is 4. The second-order valence-electron chi connectivity index (χ2n) is 6.51. The van der Waals surface area contributed by atoms with Crippen LogP contribution in [-0.4, -0.2) is 44.2 Å². The molecule has 0 aliphatic carbocycles. The van der Waals surface area contributed by atoms with Gasteiger partial charge < -0.3 is 5.32 Å². The molecule has 0 aromatic heterocycles. The molecule has 0 saturated carbocycles. The average molecular weight is 288 g/mol. The first-order chi connectivity index (χ1) is 8.97. The Bertz CT molecular complexity index is 367. The molecule has 2 aliphatic heterocycles. The molecular weight excluding hydrogens is 260 g/mol. The van der Waals surface area contributed by atoms with Gasteiger partial charge in [0.25, 0.3) is 0 Å². The number of hydrogen-bond donors (Lipinski definition) is 1. The van der Waals surface area contributed by atoms with Crippen LogP contribution in [0.15, 0.2) is 0 Å². The Morgan fingerprint density at radius 2 is 1.84 bits per heavy atom. The molecular formula is C14H28N2O2S. The van der Waals surface area contributed by atoms with E-state index in [1.165, 1.54) is 12.8 Å². The Kier molecular flexibility index (Phi) is 5.26. The topological polar surface area (TPSA) is 49.4 Å². The summed E-state index contributed by atoms with van der Waals surface area (Å²) in [5.74, 6) is 1.29. The summed E-state index contributed by atoms with van der Waals surface area (Å²) in [4.78, 5) is 0. The highest BCUT2D eigenvalue weighted by atomic mass is 32.2. The maximum Gasteiger partial charge on any atom is 0.214 e. The van der Waals surface area contributed by atoms with Crippen LogP contribution in [0.4, 0.5) is 0 Å². The molecule has 3 unspecified atom stereocenters. The molecule has 2 rings (SSSR count). The normalized spacial score (nSPS) is 34.3. The molecule has 19 heavy (non-hydrogen) atoms. The van der Waals surface area contributed by atoms with Crippen LogP contribution in [0.2, 0.25) is 0 Å². The maximum atomic E-state index is 12.4. The molecule has 3 atom stereocenters. The molecule has 0 bridgehead atoms. The lowest BCUT2D eigenvalue weighted by Crippen LogP contribution is -2.44. The van der Waals surface area contributed by atoms with Gasteiger partial charge in [-0.1, -0.05) is 20.3 Å². The van der Waals surface area contributed by atoms with E-state index in [1.807, 2.05) is 0 Å². The SMILES string of the molecule is CC1CC(C)CN(S(=O)(=O)CCC2CCCCN2)C1. The molecule has 112 valence electrons. The van der Waals surface area contributed by atoms with Gasteiger partial charge >= 0.3 is 0 Å². The molecule has 4 nitrogen and oxygen atoms in total. The third-order valence-electron chi connectivity index (χ3n) is 4.37. The lowest BCUT2D eigenvalue weighted by Gasteiger charge is -2.34. The van der Waals surface area contributed by atoms with Crippen LogP contribution in [0.25, 0.3) is 0 Å². The first-order valence-corrected chi connectivity index (χ1v) is 9.29. The van der Waals surface area contributed by atoms with Gasteiger partial charge in [-0.2, -0.15) is 0 Å². The summed E-state index contributed by atoms with van der Waals surface area (Å²) < 4.78 is 26.6. The van der Waals surface area contributed by atoms with Gasteiger partial charge in [-0.25, -0.2) is 12.7 Å². The van der Waals surface area contributed by atoms with Gasteiger partial charge in [0, 0.05) is 19.1 Å². The standard InChI is InChI=1S/C14H28N2O2S/c1-12-9-13(2)11-16(10-12)19(17,18)8-6-14-5-3-4-7-15-14/h12-15H,3-11H2,1-2H3. The molecule has 0 aromatic rings. The average Bonchev–Trinajstić information content (AvgIpc) is 2.37. The highest BCUT2D eigenvalue weighted by molar-refractivity contribution is 7.89. The van der Waals surface area contributed by atoms with E-state index in [-0.39, 0.29) is 0 Å². The van der Waals surface area contributed by atoms with E-state index in [2.05, 4.69) is 19.2 Å². The van der Waals surface area contributed by atoms with Crippen LogP contribution >= 0.6 is 0 Å². The van der Waals surface area contributed by atoms with E-state index < -0.39 is 10.0 Å². The van der Waals surface area contributed by atoms with Crippen LogP contribution < -0.4 is 5.32 Å². The van der Waals surface area contributed by atoms with Gasteiger partial charge in [0.1, 0.15) is 0 Å². The minimum Gasteiger partial charge on any atom is -0.314 e. The van der Waals surface area contributed by atoms with Gasteiger partial charge in [0.05, 0.1) is 5.75 Å². The lowest BCUT2D eigenvalue weighted by atomic mass is 9.94. The molecule has 2 aliphatic rings. The highest BCUT2D eigenvalue weighted by Gasteiger charge is 2.30. The Morgan fingerprint density at radius 3 is 2.42 bits per heavy atom. The van der Waals surface area contributed by atoms with Crippen LogP contribution in [-0.2, 0) is 10.0 Å². The van der Waals surface area contributed by atoms with Gasteiger partial charge in [-0.05, 0) is 44.1 Å². The summed E-state index contributed by atoms with van der Waals surface area (Å²) >= 11 is 0. The number of piperidine rings is 2. The van der Waals surface area contributed by atoms with E-state index in [0.29, 0.717) is 36.7 Å². The fraction of sp³-hybridized carbons (Fsp3) is 1.00. The van der Waals surface area contributed by atoms with Crippen LogP contribution in [0.1, 0.15) is 46.0 Å². The molecule has 0 amide bonds. The van der Waals surface area contributed by atoms with Crippen molar-refractivity contribution in [1.29, 1.82) is 0 Å². The van der Waals surface area contributed by atoms with Crippen molar-refractivity contribution in [2.75, 3.05) is 25.4 Å². The monoisotopic (exact) mass is 288 g/mol. The van der Waals surface area contributed by atoms with E-state index in [4.69, 9.17) is 0 Å². The van der Waals surface area contributed by atoms with Crippen molar-refractivity contribution in [1.82, 2.24) is 9.62 Å². The number of hydrogen-bond acceptors (Lipinski definition) is 3. The zero-order chi connectivity index (χ0) is 13.9. The summed E-state index contributed by atoms with van der Waals surface area (Å²) in [6.07, 6.45) is 5.50. The van der Waals surface area contributed by atoms with E-state index in [0.717, 1.165) is 25.8 Å². The van der Waals surface area contributed by atoms with Crippen molar-refractivity contribution in [2.45, 2.75) is 52.0 Å². The predicted octanol–water partition coefficient (Wildman–Crippen LogP) is 1.83. The van der Waals surface area contributed by atoms with Crippen LogP contribution in [0.5, 0.6) is 0 Å². The minimum atomic E-state index is -3.06. The molecule has 1 N–H and O–H groups in total. The zero-order valence-electron chi connectivity index (χ0n) is 12.3. The van der Waals surface area contributed by atoms with Gasteiger partial charge in [-0.15, -0.1) is 0 Å². The largest absolute Gasteiger partial charge is 0.314 e. The molecule has 2 saturated heterocycles. The molecule has 2 fully saturated rings. The van der Waals surface area contributed by atoms with Crippen molar-refractivity contribution in [2.24, 2.45) is 11.8 Å². The molecule has 0 spiro atoms. The maximum absolute atomic E-state index is 12.4. The predicted molar refractivity (Wildman–Crippen MR) is 78.6 cm³/mol. The summed E-state index contributed by atoms with van der Waals surface area (Å²) in [5, 5.41) is 3.43. The van der Waals surface area contributed by atoms with Crippen molar-refractivity contribution >= 4 is 10.0 Å². The third-order valence-corrected chi connectivity index (χ3v) is 6.20. The van der Waals surface area contributed by atoms with Gasteiger partial charge in [0.2, 0.25) is 10.0 Å². The van der Waals surface area contributed by atoms with E-state index >= 15 is 0 Å². The number of nitrogens with zero attached hydrogens (tertiary/aromatic N) is 1. The van der Waals surface area contributed by atoms with Gasteiger partial charge in [-0.3, -0.25) is 0 Å². The number of nitrogens with one attached hydrogen (secondary N) is 1. The van der Waals surface area contributed by atoms with Crippen molar-refractivity contribution in [3.8, 4) is 0 Å². The second kappa shape index (κ2) is 6.55. The Balaban J connectivity index is 1.86. The summed E-state index contributed by atoms with van der Waals surface area (Å²) in [6, 6.07) is 0.406. The Morgan fingerprint density at radius 1 is 1.16 bits per heavy atom. The Hall–Kier alpha value is -0.130. The Labute approximate surface area is 118 Å². The molecule has 5 heteroatoms. The van der Waals surface area contributed by atoms with E-state index in [1.54, 1.807) is 4.31 Å². The first-order valence-electron chi connectivity index (χ1n) is 7.68. The summed E-state index contributed by atoms with van der Waals surface area (Å²) in [6.45, 7) is 6.78. The summed E-state index contributed by atoms with van der Waals surface area (Å²) in [7, 11) is -3.06. The van der Waals surface area contributed by atoms with Crippen LogP contribution in [0, 0.1) is 11.8 Å². The fourth-order valence-corrected chi connectivity index (χ4v) is 5.23. The molecule has 0 radical (unpaired) electrons. The second-order valence-corrected chi connectivity index (χ2v) is 8.60. The number of sulfonamides is 1. The third kappa shape index (κ3) is 4.43. The van der Waals surface area contributed by atoms with Crippen molar-refractivity contribution < 1.29 is 8.42 Å². The first kappa shape index (κ1) is 15.3. The van der Waals surface area contributed by atoms with Crippen molar-refractivity contribution in [3.05, 3.63) is 0 Å². The molecule has 2 heterocycles. The van der Waals surface area contributed by atoms with Crippen LogP contribution in [0.3, 0.4) is 0 Å².